The number of ether oxygens (including phenoxy) is 2. The van der Waals surface area contributed by atoms with E-state index < -0.39 is 22.9 Å². The van der Waals surface area contributed by atoms with Crippen molar-refractivity contribution in [2.45, 2.75) is 17.1 Å². The maximum Gasteiger partial charge on any atom is 0.272 e. The largest absolute Gasteiger partial charge is 0.497 e. The molecule has 0 fully saturated rings. The average Bonchev–Trinajstić information content (AvgIpc) is 3.03. The molecule has 0 aliphatic heterocycles. The van der Waals surface area contributed by atoms with Crippen LogP contribution in [0.25, 0.3) is 6.08 Å². The van der Waals surface area contributed by atoms with Crippen LogP contribution in [-0.2, 0) is 9.59 Å². The van der Waals surface area contributed by atoms with E-state index in [2.05, 4.69) is 16.0 Å². The molecule has 0 radical (unpaired) electrons. The molecule has 0 saturated carbocycles. The minimum absolute atomic E-state index is 0.0185. The van der Waals surface area contributed by atoms with Gasteiger partial charge in [-0.1, -0.05) is 29.8 Å². The second-order valence-electron chi connectivity index (χ2n) is 9.34. The number of nitrogens with one attached hydrogen (secondary N) is 3. The maximum atomic E-state index is 13.5. The fraction of sp³-hybridized carbons (Fsp3) is 0.121. The Bertz CT molecular complexity index is 1680. The molecule has 0 aromatic heterocycles. The monoisotopic (exact) mass is 633 g/mol. The Balaban J connectivity index is 1.48. The van der Waals surface area contributed by atoms with Gasteiger partial charge >= 0.3 is 0 Å². The molecule has 3 N–H and O–H groups in total. The van der Waals surface area contributed by atoms with Crippen molar-refractivity contribution < 1.29 is 28.2 Å². The predicted molar refractivity (Wildman–Crippen MR) is 172 cm³/mol. The number of benzene rings is 4. The summed E-state index contributed by atoms with van der Waals surface area (Å²) >= 11 is 7.10. The smallest absolute Gasteiger partial charge is 0.272 e. The van der Waals surface area contributed by atoms with Crippen molar-refractivity contribution in [1.82, 2.24) is 5.32 Å². The molecule has 44 heavy (non-hydrogen) atoms. The van der Waals surface area contributed by atoms with E-state index in [1.54, 1.807) is 79.7 Å². The minimum Gasteiger partial charge on any atom is -0.497 e. The first-order valence-electron chi connectivity index (χ1n) is 13.3. The van der Waals surface area contributed by atoms with Crippen LogP contribution in [0.4, 0.5) is 15.8 Å². The Hall–Kier alpha value is -4.80. The fourth-order valence-electron chi connectivity index (χ4n) is 3.94. The van der Waals surface area contributed by atoms with Crippen molar-refractivity contribution in [2.24, 2.45) is 0 Å². The molecule has 4 aromatic carbocycles. The molecule has 8 nitrogen and oxygen atoms in total. The third-order valence-corrected chi connectivity index (χ3v) is 7.65. The average molecular weight is 634 g/mol. The standard InChI is InChI=1S/C33H29ClFN3O5S/c1-20(31(39)37-24-11-15-28(35)27(34)19-24)44-26-13-9-23(10-14-26)36-33(41)29(38-32(40)21-7-5-4-6-8-21)18-22-17-25(42-2)12-16-30(22)43-3/h4-20H,1-3H3,(H,36,41)(H,37,39)(H,38,40)/b29-18-. The number of rotatable bonds is 11. The first-order valence-corrected chi connectivity index (χ1v) is 14.6. The third kappa shape index (κ3) is 8.62. The molecule has 226 valence electrons. The molecule has 1 atom stereocenters. The van der Waals surface area contributed by atoms with Crippen LogP contribution in [-0.4, -0.2) is 37.2 Å². The Morgan fingerprint density at radius 3 is 2.23 bits per heavy atom. The van der Waals surface area contributed by atoms with Gasteiger partial charge in [-0.2, -0.15) is 0 Å². The van der Waals surface area contributed by atoms with E-state index in [0.29, 0.717) is 34.0 Å². The van der Waals surface area contributed by atoms with Crippen LogP contribution in [0.15, 0.2) is 102 Å². The van der Waals surface area contributed by atoms with Gasteiger partial charge in [-0.25, -0.2) is 4.39 Å². The molecule has 0 saturated heterocycles. The highest BCUT2D eigenvalue weighted by molar-refractivity contribution is 8.00. The topological polar surface area (TPSA) is 106 Å². The highest BCUT2D eigenvalue weighted by atomic mass is 35.5. The van der Waals surface area contributed by atoms with E-state index in [4.69, 9.17) is 21.1 Å². The number of carbonyl (C=O) groups excluding carboxylic acids is 3. The molecular formula is C33H29ClFN3O5S. The summed E-state index contributed by atoms with van der Waals surface area (Å²) in [7, 11) is 3.03. The third-order valence-electron chi connectivity index (χ3n) is 6.25. The summed E-state index contributed by atoms with van der Waals surface area (Å²) in [6.45, 7) is 1.74. The summed E-state index contributed by atoms with van der Waals surface area (Å²) in [5, 5.41) is 7.66. The molecule has 4 rings (SSSR count). The molecule has 0 bridgehead atoms. The van der Waals surface area contributed by atoms with Crippen molar-refractivity contribution >= 4 is 58.5 Å². The van der Waals surface area contributed by atoms with Crippen molar-refractivity contribution in [1.29, 1.82) is 0 Å². The first kappa shape index (κ1) is 32.1. The van der Waals surface area contributed by atoms with E-state index in [9.17, 15) is 18.8 Å². The summed E-state index contributed by atoms with van der Waals surface area (Å²) in [6, 6.07) is 24.5. The summed E-state index contributed by atoms with van der Waals surface area (Å²) in [4.78, 5) is 39.9. The van der Waals surface area contributed by atoms with Gasteiger partial charge in [-0.15, -0.1) is 11.8 Å². The zero-order valence-electron chi connectivity index (χ0n) is 24.0. The summed E-state index contributed by atoms with van der Waals surface area (Å²) in [5.41, 5.74) is 1.74. The van der Waals surface area contributed by atoms with E-state index in [-0.39, 0.29) is 16.6 Å². The van der Waals surface area contributed by atoms with E-state index >= 15 is 0 Å². The van der Waals surface area contributed by atoms with Gasteiger partial charge in [0, 0.05) is 27.4 Å². The van der Waals surface area contributed by atoms with Gasteiger partial charge in [0.15, 0.2) is 0 Å². The zero-order chi connectivity index (χ0) is 31.6. The van der Waals surface area contributed by atoms with Crippen LogP contribution in [0, 0.1) is 5.82 Å². The first-order chi connectivity index (χ1) is 21.2. The van der Waals surface area contributed by atoms with Gasteiger partial charge in [0.25, 0.3) is 11.8 Å². The lowest BCUT2D eigenvalue weighted by molar-refractivity contribution is -0.115. The predicted octanol–water partition coefficient (Wildman–Crippen LogP) is 7.03. The second kappa shape index (κ2) is 15.1. The number of thioether (sulfide) groups is 1. The molecule has 3 amide bonds. The van der Waals surface area contributed by atoms with E-state index in [1.807, 2.05) is 0 Å². The van der Waals surface area contributed by atoms with Gasteiger partial charge < -0.3 is 25.4 Å². The van der Waals surface area contributed by atoms with Gasteiger partial charge in [0.05, 0.1) is 24.5 Å². The maximum absolute atomic E-state index is 13.5. The van der Waals surface area contributed by atoms with E-state index in [1.165, 1.54) is 50.3 Å². The van der Waals surface area contributed by atoms with Crippen LogP contribution >= 0.6 is 23.4 Å². The Morgan fingerprint density at radius 1 is 0.864 bits per heavy atom. The summed E-state index contributed by atoms with van der Waals surface area (Å²) in [6.07, 6.45) is 1.51. The van der Waals surface area contributed by atoms with Gasteiger partial charge in [-0.05, 0) is 85.8 Å². The lowest BCUT2D eigenvalue weighted by Gasteiger charge is -2.14. The van der Waals surface area contributed by atoms with Crippen LogP contribution in [0.2, 0.25) is 5.02 Å². The minimum atomic E-state index is -0.569. The summed E-state index contributed by atoms with van der Waals surface area (Å²) < 4.78 is 24.2. The molecule has 1 unspecified atom stereocenters. The van der Waals surface area contributed by atoms with Crippen molar-refractivity contribution in [3.8, 4) is 11.5 Å². The van der Waals surface area contributed by atoms with Crippen LogP contribution in [0.5, 0.6) is 11.5 Å². The fourth-order valence-corrected chi connectivity index (χ4v) is 4.99. The van der Waals surface area contributed by atoms with Crippen LogP contribution in [0.3, 0.4) is 0 Å². The quantitative estimate of drug-likeness (QED) is 0.121. The lowest BCUT2D eigenvalue weighted by atomic mass is 10.1. The Kier molecular flexibility index (Phi) is 11.0. The highest BCUT2D eigenvalue weighted by Gasteiger charge is 2.18. The number of anilines is 2. The number of hydrogen-bond acceptors (Lipinski definition) is 6. The molecule has 0 aliphatic rings. The van der Waals surface area contributed by atoms with Crippen LogP contribution < -0.4 is 25.4 Å². The molecule has 0 spiro atoms. The molecule has 11 heteroatoms. The number of carbonyl (C=O) groups is 3. The lowest BCUT2D eigenvalue weighted by Crippen LogP contribution is -2.30. The Morgan fingerprint density at radius 2 is 1.57 bits per heavy atom. The van der Waals surface area contributed by atoms with Crippen molar-refractivity contribution in [3.63, 3.8) is 0 Å². The molecule has 0 heterocycles. The normalized spacial score (nSPS) is 11.7. The number of hydrogen-bond donors (Lipinski definition) is 3. The second-order valence-corrected chi connectivity index (χ2v) is 11.2. The SMILES string of the molecule is COc1ccc(OC)c(/C=C(\NC(=O)c2ccccc2)C(=O)Nc2ccc(SC(C)C(=O)Nc3ccc(F)c(Cl)c3)cc2)c1. The van der Waals surface area contributed by atoms with Crippen molar-refractivity contribution in [3.05, 3.63) is 119 Å². The molecule has 0 aliphatic carbocycles. The highest BCUT2D eigenvalue weighted by Crippen LogP contribution is 2.28. The molecule has 4 aromatic rings. The zero-order valence-corrected chi connectivity index (χ0v) is 25.6. The summed E-state index contributed by atoms with van der Waals surface area (Å²) in [5.74, 6) is -0.857. The Labute approximate surface area is 263 Å². The van der Waals surface area contributed by atoms with E-state index in [0.717, 1.165) is 4.90 Å². The van der Waals surface area contributed by atoms with Crippen LogP contribution in [0.1, 0.15) is 22.8 Å². The van der Waals surface area contributed by atoms with Gasteiger partial charge in [-0.3, -0.25) is 14.4 Å². The number of methoxy groups -OCH3 is 2. The number of amides is 3. The van der Waals surface area contributed by atoms with Gasteiger partial charge in [0.2, 0.25) is 5.91 Å². The van der Waals surface area contributed by atoms with Crippen molar-refractivity contribution in [2.75, 3.05) is 24.9 Å². The van der Waals surface area contributed by atoms with Gasteiger partial charge in [0.1, 0.15) is 23.0 Å². The number of halogens is 2. The molecular weight excluding hydrogens is 605 g/mol.